The lowest BCUT2D eigenvalue weighted by atomic mass is 10.1. The zero-order chi connectivity index (χ0) is 11.8. The fraction of sp³-hybridized carbons (Fsp3) is 0.571. The second-order valence-corrected chi connectivity index (χ2v) is 5.28. The van der Waals surface area contributed by atoms with E-state index in [1.54, 1.807) is 0 Å². The third-order valence-corrected chi connectivity index (χ3v) is 3.84. The molecule has 1 saturated heterocycles. The third kappa shape index (κ3) is 2.25. The van der Waals surface area contributed by atoms with Gasteiger partial charge in [-0.25, -0.2) is 0 Å². The molecule has 1 aromatic carbocycles. The molecule has 1 aliphatic carbocycles. The van der Waals surface area contributed by atoms with Gasteiger partial charge in [0, 0.05) is 18.0 Å². The van der Waals surface area contributed by atoms with Gasteiger partial charge < -0.3 is 15.8 Å². The molecule has 3 N–H and O–H groups in total. The highest BCUT2D eigenvalue weighted by atomic mass is 16.5. The summed E-state index contributed by atoms with van der Waals surface area (Å²) in [5.74, 6) is 0.796. The molecule has 0 amide bonds. The van der Waals surface area contributed by atoms with Gasteiger partial charge >= 0.3 is 0 Å². The van der Waals surface area contributed by atoms with E-state index in [0.29, 0.717) is 12.1 Å². The standard InChI is InChI=1S/C14H20N2O/c1-9-8-11(4-5-12(9)15)16-13-6-7-17-14(13)10-2-3-10/h4-5,8,10,13-14,16H,2-3,6-7,15H2,1H3. The van der Waals surface area contributed by atoms with Crippen LogP contribution < -0.4 is 11.1 Å². The molecule has 3 rings (SSSR count). The number of nitrogen functional groups attached to an aromatic ring is 1. The first-order chi connectivity index (χ1) is 8.24. The lowest BCUT2D eigenvalue weighted by molar-refractivity contribution is 0.0898. The van der Waals surface area contributed by atoms with Crippen LogP contribution in [0.5, 0.6) is 0 Å². The number of benzene rings is 1. The predicted octanol–water partition coefficient (Wildman–Crippen LogP) is 2.56. The lowest BCUT2D eigenvalue weighted by Gasteiger charge is -2.21. The van der Waals surface area contributed by atoms with Crippen molar-refractivity contribution in [2.75, 3.05) is 17.7 Å². The molecule has 1 heterocycles. The summed E-state index contributed by atoms with van der Waals surface area (Å²) in [5.41, 5.74) is 8.99. The van der Waals surface area contributed by atoms with Crippen LogP contribution in [0.3, 0.4) is 0 Å². The Kier molecular flexibility index (Phi) is 2.71. The van der Waals surface area contributed by atoms with Crippen LogP contribution in [0.25, 0.3) is 0 Å². The Bertz CT molecular complexity index is 415. The van der Waals surface area contributed by atoms with E-state index in [1.807, 2.05) is 13.0 Å². The van der Waals surface area contributed by atoms with Gasteiger partial charge in [-0.1, -0.05) is 0 Å². The van der Waals surface area contributed by atoms with Crippen molar-refractivity contribution in [3.05, 3.63) is 23.8 Å². The SMILES string of the molecule is Cc1cc(NC2CCOC2C2CC2)ccc1N. The van der Waals surface area contributed by atoms with Crippen molar-refractivity contribution < 1.29 is 4.74 Å². The normalized spacial score (nSPS) is 28.3. The van der Waals surface area contributed by atoms with E-state index in [1.165, 1.54) is 12.8 Å². The highest BCUT2D eigenvalue weighted by molar-refractivity contribution is 5.57. The molecule has 1 aromatic rings. The Hall–Kier alpha value is -1.22. The van der Waals surface area contributed by atoms with E-state index in [4.69, 9.17) is 10.5 Å². The molecule has 0 spiro atoms. The van der Waals surface area contributed by atoms with Crippen molar-refractivity contribution >= 4 is 11.4 Å². The summed E-state index contributed by atoms with van der Waals surface area (Å²) in [6, 6.07) is 6.63. The fourth-order valence-corrected chi connectivity index (χ4v) is 2.63. The number of ether oxygens (including phenoxy) is 1. The number of aryl methyl sites for hydroxylation is 1. The predicted molar refractivity (Wildman–Crippen MR) is 70.1 cm³/mol. The topological polar surface area (TPSA) is 47.3 Å². The van der Waals surface area contributed by atoms with E-state index in [-0.39, 0.29) is 0 Å². The Labute approximate surface area is 102 Å². The molecule has 1 saturated carbocycles. The van der Waals surface area contributed by atoms with Gasteiger partial charge in [0.15, 0.2) is 0 Å². The van der Waals surface area contributed by atoms with Gasteiger partial charge in [0.05, 0.1) is 12.1 Å². The maximum absolute atomic E-state index is 5.83. The Balaban J connectivity index is 1.70. The summed E-state index contributed by atoms with van der Waals surface area (Å²) < 4.78 is 5.83. The molecule has 2 atom stereocenters. The molecule has 0 radical (unpaired) electrons. The zero-order valence-electron chi connectivity index (χ0n) is 10.3. The molecule has 92 valence electrons. The quantitative estimate of drug-likeness (QED) is 0.787. The Morgan fingerprint density at radius 3 is 2.82 bits per heavy atom. The second kappa shape index (κ2) is 4.22. The fourth-order valence-electron chi connectivity index (χ4n) is 2.63. The van der Waals surface area contributed by atoms with E-state index in [9.17, 15) is 0 Å². The number of rotatable bonds is 3. The maximum atomic E-state index is 5.83. The molecule has 3 heteroatoms. The largest absolute Gasteiger partial charge is 0.399 e. The number of nitrogens with one attached hydrogen (secondary N) is 1. The Morgan fingerprint density at radius 2 is 2.12 bits per heavy atom. The second-order valence-electron chi connectivity index (χ2n) is 5.28. The summed E-state index contributed by atoms with van der Waals surface area (Å²) in [4.78, 5) is 0. The minimum Gasteiger partial charge on any atom is -0.399 e. The van der Waals surface area contributed by atoms with Crippen molar-refractivity contribution in [1.29, 1.82) is 0 Å². The van der Waals surface area contributed by atoms with Gasteiger partial charge in [-0.15, -0.1) is 0 Å². The highest BCUT2D eigenvalue weighted by Crippen LogP contribution is 2.39. The van der Waals surface area contributed by atoms with E-state index in [0.717, 1.165) is 35.9 Å². The molecule has 17 heavy (non-hydrogen) atoms. The average molecular weight is 232 g/mol. The zero-order valence-corrected chi connectivity index (χ0v) is 10.3. The molecule has 0 bridgehead atoms. The molecule has 2 fully saturated rings. The van der Waals surface area contributed by atoms with Gasteiger partial charge in [0.25, 0.3) is 0 Å². The highest BCUT2D eigenvalue weighted by Gasteiger charge is 2.40. The summed E-state index contributed by atoms with van der Waals surface area (Å²) in [6.45, 7) is 2.94. The molecule has 2 aliphatic rings. The maximum Gasteiger partial charge on any atom is 0.0804 e. The molecule has 0 aromatic heterocycles. The number of hydrogen-bond acceptors (Lipinski definition) is 3. The van der Waals surface area contributed by atoms with Gasteiger partial charge in [-0.3, -0.25) is 0 Å². The van der Waals surface area contributed by atoms with Crippen molar-refractivity contribution in [1.82, 2.24) is 0 Å². The van der Waals surface area contributed by atoms with Crippen molar-refractivity contribution in [3.63, 3.8) is 0 Å². The van der Waals surface area contributed by atoms with Crippen LogP contribution in [0.1, 0.15) is 24.8 Å². The minimum atomic E-state index is 0.424. The van der Waals surface area contributed by atoms with E-state index < -0.39 is 0 Å². The summed E-state index contributed by atoms with van der Waals surface area (Å²) in [7, 11) is 0. The lowest BCUT2D eigenvalue weighted by Crippen LogP contribution is -2.30. The molecule has 3 nitrogen and oxygen atoms in total. The van der Waals surface area contributed by atoms with E-state index in [2.05, 4.69) is 17.4 Å². The average Bonchev–Trinajstić information content (AvgIpc) is 3.05. The van der Waals surface area contributed by atoms with Gasteiger partial charge in [-0.05, 0) is 55.9 Å². The van der Waals surface area contributed by atoms with Crippen LogP contribution >= 0.6 is 0 Å². The van der Waals surface area contributed by atoms with E-state index >= 15 is 0 Å². The van der Waals surface area contributed by atoms with Crippen LogP contribution in [-0.2, 0) is 4.74 Å². The monoisotopic (exact) mass is 232 g/mol. The smallest absolute Gasteiger partial charge is 0.0804 e. The van der Waals surface area contributed by atoms with Gasteiger partial charge in [0.2, 0.25) is 0 Å². The first-order valence-electron chi connectivity index (χ1n) is 6.48. The van der Waals surface area contributed by atoms with Crippen molar-refractivity contribution in [3.8, 4) is 0 Å². The summed E-state index contributed by atoms with van der Waals surface area (Å²) in [6.07, 6.45) is 4.21. The van der Waals surface area contributed by atoms with Crippen LogP contribution in [0.15, 0.2) is 18.2 Å². The van der Waals surface area contributed by atoms with Crippen LogP contribution in [0.4, 0.5) is 11.4 Å². The Morgan fingerprint density at radius 1 is 1.29 bits per heavy atom. The summed E-state index contributed by atoms with van der Waals surface area (Å²) in [5, 5.41) is 3.60. The number of nitrogens with two attached hydrogens (primary N) is 1. The van der Waals surface area contributed by atoms with Gasteiger partial charge in [-0.2, -0.15) is 0 Å². The number of anilines is 2. The summed E-state index contributed by atoms with van der Waals surface area (Å²) >= 11 is 0. The molecule has 1 aliphatic heterocycles. The molecular weight excluding hydrogens is 212 g/mol. The minimum absolute atomic E-state index is 0.424. The molecule has 2 unspecified atom stereocenters. The van der Waals surface area contributed by atoms with Crippen LogP contribution in [0.2, 0.25) is 0 Å². The van der Waals surface area contributed by atoms with Crippen LogP contribution in [-0.4, -0.2) is 18.8 Å². The first kappa shape index (κ1) is 10.9. The van der Waals surface area contributed by atoms with Crippen LogP contribution in [0, 0.1) is 12.8 Å². The van der Waals surface area contributed by atoms with Crippen molar-refractivity contribution in [2.45, 2.75) is 38.3 Å². The first-order valence-corrected chi connectivity index (χ1v) is 6.48. The van der Waals surface area contributed by atoms with Gasteiger partial charge in [0.1, 0.15) is 0 Å². The third-order valence-electron chi connectivity index (χ3n) is 3.84. The van der Waals surface area contributed by atoms with Crippen molar-refractivity contribution in [2.24, 2.45) is 5.92 Å². The molecular formula is C14H20N2O. The number of hydrogen-bond donors (Lipinski definition) is 2.